The van der Waals surface area contributed by atoms with Crippen molar-refractivity contribution in [1.29, 1.82) is 0 Å². The Labute approximate surface area is 106 Å². The van der Waals surface area contributed by atoms with Crippen LogP contribution in [0.3, 0.4) is 0 Å². The van der Waals surface area contributed by atoms with Crippen LogP contribution < -0.4 is 11.1 Å². The van der Waals surface area contributed by atoms with Gasteiger partial charge in [-0.15, -0.1) is 0 Å². The van der Waals surface area contributed by atoms with Gasteiger partial charge in [-0.1, -0.05) is 12.1 Å². The number of hydrogen-bond donors (Lipinski definition) is 2. The molecule has 2 amide bonds. The quantitative estimate of drug-likeness (QED) is 0.773. The van der Waals surface area contributed by atoms with Crippen molar-refractivity contribution in [2.45, 2.75) is 18.9 Å². The minimum atomic E-state index is -0.443. The van der Waals surface area contributed by atoms with Gasteiger partial charge >= 0.3 is 0 Å². The van der Waals surface area contributed by atoms with E-state index in [1.807, 2.05) is 12.1 Å². The zero-order valence-corrected chi connectivity index (χ0v) is 10.1. The van der Waals surface area contributed by atoms with Crippen LogP contribution in [0.4, 0.5) is 5.69 Å². The lowest BCUT2D eigenvalue weighted by atomic mass is 10.0. The molecular weight excluding hydrogens is 230 g/mol. The van der Waals surface area contributed by atoms with Crippen LogP contribution >= 0.6 is 0 Å². The third kappa shape index (κ3) is 2.80. The molecule has 96 valence electrons. The Bertz CT molecular complexity index is 448. The topological polar surface area (TPSA) is 75.4 Å². The molecule has 1 heterocycles. The van der Waals surface area contributed by atoms with E-state index in [4.69, 9.17) is 5.73 Å². The van der Waals surface area contributed by atoms with Crippen LogP contribution in [-0.4, -0.2) is 36.3 Å². The fourth-order valence-electron chi connectivity index (χ4n) is 2.26. The first-order valence-electron chi connectivity index (χ1n) is 6.05. The number of para-hydroxylation sites is 1. The molecule has 5 heteroatoms. The maximum Gasteiger partial charge on any atom is 0.250 e. The normalized spacial score (nSPS) is 19.3. The van der Waals surface area contributed by atoms with Crippen molar-refractivity contribution < 1.29 is 9.59 Å². The van der Waals surface area contributed by atoms with E-state index in [1.54, 1.807) is 17.0 Å². The van der Waals surface area contributed by atoms with Gasteiger partial charge in [0.05, 0.1) is 5.56 Å². The van der Waals surface area contributed by atoms with Gasteiger partial charge in [0.1, 0.15) is 0 Å². The standard InChI is InChI=1S/C13H17N3O2/c14-13(18)11-5-1-2-6-12(11)15-10-4-3-7-16(8-10)9-17/h1-2,5-6,9-10,15H,3-4,7-8H2,(H2,14,18). The van der Waals surface area contributed by atoms with Gasteiger partial charge < -0.3 is 16.0 Å². The van der Waals surface area contributed by atoms with Crippen LogP contribution in [0.15, 0.2) is 24.3 Å². The molecule has 0 saturated carbocycles. The molecule has 1 unspecified atom stereocenters. The fourth-order valence-corrected chi connectivity index (χ4v) is 2.26. The number of nitrogens with two attached hydrogens (primary N) is 1. The predicted octanol–water partition coefficient (Wildman–Crippen LogP) is 0.818. The molecule has 0 spiro atoms. The van der Waals surface area contributed by atoms with E-state index in [0.717, 1.165) is 31.5 Å². The zero-order chi connectivity index (χ0) is 13.0. The van der Waals surface area contributed by atoms with Gasteiger partial charge in [0, 0.05) is 24.8 Å². The van der Waals surface area contributed by atoms with Gasteiger partial charge in [-0.25, -0.2) is 0 Å². The zero-order valence-electron chi connectivity index (χ0n) is 10.1. The highest BCUT2D eigenvalue weighted by Crippen LogP contribution is 2.19. The van der Waals surface area contributed by atoms with Crippen LogP contribution in [0.5, 0.6) is 0 Å². The van der Waals surface area contributed by atoms with Crippen LogP contribution in [0.2, 0.25) is 0 Å². The van der Waals surface area contributed by atoms with E-state index in [1.165, 1.54) is 0 Å². The van der Waals surface area contributed by atoms with Gasteiger partial charge in [-0.2, -0.15) is 0 Å². The molecule has 3 N–H and O–H groups in total. The minimum Gasteiger partial charge on any atom is -0.380 e. The molecule has 18 heavy (non-hydrogen) atoms. The van der Waals surface area contributed by atoms with Crippen LogP contribution in [0, 0.1) is 0 Å². The van der Waals surface area contributed by atoms with Gasteiger partial charge in [0.15, 0.2) is 0 Å². The lowest BCUT2D eigenvalue weighted by Gasteiger charge is -2.31. The van der Waals surface area contributed by atoms with Crippen LogP contribution in [0.25, 0.3) is 0 Å². The first-order valence-corrected chi connectivity index (χ1v) is 6.05. The Hall–Kier alpha value is -2.04. The summed E-state index contributed by atoms with van der Waals surface area (Å²) in [6.45, 7) is 1.47. The van der Waals surface area contributed by atoms with Crippen molar-refractivity contribution in [3.63, 3.8) is 0 Å². The van der Waals surface area contributed by atoms with E-state index < -0.39 is 5.91 Å². The number of rotatable bonds is 4. The molecule has 1 atom stereocenters. The first-order chi connectivity index (χ1) is 8.70. The number of hydrogen-bond acceptors (Lipinski definition) is 3. The van der Waals surface area contributed by atoms with Crippen molar-refractivity contribution in [3.05, 3.63) is 29.8 Å². The smallest absolute Gasteiger partial charge is 0.250 e. The number of likely N-dealkylation sites (tertiary alicyclic amines) is 1. The molecule has 0 aromatic heterocycles. The summed E-state index contributed by atoms with van der Waals surface area (Å²) >= 11 is 0. The second-order valence-electron chi connectivity index (χ2n) is 4.49. The van der Waals surface area contributed by atoms with Crippen LogP contribution in [-0.2, 0) is 4.79 Å². The SMILES string of the molecule is NC(=O)c1ccccc1NC1CCCN(C=O)C1. The fraction of sp³-hybridized carbons (Fsp3) is 0.385. The maximum atomic E-state index is 11.3. The highest BCUT2D eigenvalue weighted by atomic mass is 16.1. The summed E-state index contributed by atoms with van der Waals surface area (Å²) in [6, 6.07) is 7.34. The van der Waals surface area contributed by atoms with Gasteiger partial charge in [-0.05, 0) is 25.0 Å². The van der Waals surface area contributed by atoms with E-state index in [0.29, 0.717) is 12.1 Å². The van der Waals surface area contributed by atoms with Crippen LogP contribution in [0.1, 0.15) is 23.2 Å². The predicted molar refractivity (Wildman–Crippen MR) is 69.2 cm³/mol. The Balaban J connectivity index is 2.09. The van der Waals surface area contributed by atoms with Gasteiger partial charge in [0.25, 0.3) is 5.91 Å². The summed E-state index contributed by atoms with van der Waals surface area (Å²) < 4.78 is 0. The first kappa shape index (κ1) is 12.4. The molecule has 0 bridgehead atoms. The third-order valence-corrected chi connectivity index (χ3v) is 3.15. The van der Waals surface area contributed by atoms with Crippen molar-refractivity contribution in [3.8, 4) is 0 Å². The van der Waals surface area contributed by atoms with Crippen molar-refractivity contribution in [1.82, 2.24) is 4.90 Å². The monoisotopic (exact) mass is 247 g/mol. The van der Waals surface area contributed by atoms with E-state index in [9.17, 15) is 9.59 Å². The molecular formula is C13H17N3O2. The van der Waals surface area contributed by atoms with E-state index in [2.05, 4.69) is 5.32 Å². The Morgan fingerprint density at radius 1 is 1.44 bits per heavy atom. The number of nitrogens with one attached hydrogen (secondary N) is 1. The molecule has 0 aliphatic carbocycles. The number of nitrogens with zero attached hydrogens (tertiary/aromatic N) is 1. The van der Waals surface area contributed by atoms with Crippen molar-refractivity contribution >= 4 is 18.0 Å². The van der Waals surface area contributed by atoms with Crippen molar-refractivity contribution in [2.75, 3.05) is 18.4 Å². The summed E-state index contributed by atoms with van der Waals surface area (Å²) in [4.78, 5) is 23.8. The largest absolute Gasteiger partial charge is 0.380 e. The molecule has 1 aliphatic heterocycles. The third-order valence-electron chi connectivity index (χ3n) is 3.15. The second kappa shape index (κ2) is 5.53. The summed E-state index contributed by atoms with van der Waals surface area (Å²) in [6.07, 6.45) is 2.82. The molecule has 0 radical (unpaired) electrons. The summed E-state index contributed by atoms with van der Waals surface area (Å²) in [5, 5.41) is 3.29. The number of benzene rings is 1. The number of piperidine rings is 1. The van der Waals surface area contributed by atoms with Crippen molar-refractivity contribution in [2.24, 2.45) is 5.73 Å². The molecule has 1 saturated heterocycles. The highest BCUT2D eigenvalue weighted by Gasteiger charge is 2.19. The molecule has 1 aromatic rings. The summed E-state index contributed by atoms with van der Waals surface area (Å²) in [5.41, 5.74) is 6.55. The number of carbonyl (C=O) groups excluding carboxylic acids is 2. The van der Waals surface area contributed by atoms with E-state index >= 15 is 0 Å². The minimum absolute atomic E-state index is 0.171. The number of primary amides is 1. The van der Waals surface area contributed by atoms with E-state index in [-0.39, 0.29) is 6.04 Å². The lowest BCUT2D eigenvalue weighted by molar-refractivity contribution is -0.119. The maximum absolute atomic E-state index is 11.3. The average molecular weight is 247 g/mol. The molecule has 5 nitrogen and oxygen atoms in total. The second-order valence-corrected chi connectivity index (χ2v) is 4.49. The highest BCUT2D eigenvalue weighted by molar-refractivity contribution is 5.98. The Morgan fingerprint density at radius 3 is 2.94 bits per heavy atom. The lowest BCUT2D eigenvalue weighted by Crippen LogP contribution is -2.41. The van der Waals surface area contributed by atoms with Gasteiger partial charge in [0.2, 0.25) is 6.41 Å². The average Bonchev–Trinajstić information content (AvgIpc) is 2.39. The Morgan fingerprint density at radius 2 is 2.22 bits per heavy atom. The number of amides is 2. The molecule has 2 rings (SSSR count). The number of carbonyl (C=O) groups is 2. The molecule has 1 aromatic carbocycles. The Kier molecular flexibility index (Phi) is 3.82. The molecule has 1 aliphatic rings. The van der Waals surface area contributed by atoms with Gasteiger partial charge in [-0.3, -0.25) is 9.59 Å². The molecule has 1 fully saturated rings. The number of anilines is 1. The summed E-state index contributed by atoms with van der Waals surface area (Å²) in [5.74, 6) is -0.443. The summed E-state index contributed by atoms with van der Waals surface area (Å²) in [7, 11) is 0.